The Labute approximate surface area is 100 Å². The van der Waals surface area contributed by atoms with Crippen molar-refractivity contribution >= 4 is 40.3 Å². The number of nitrogens with zero attached hydrogens (tertiary/aromatic N) is 2. The number of hydrogen-bond donors (Lipinski definition) is 0. The molecule has 3 rings (SSSR count). The Morgan fingerprint density at radius 2 is 1.73 bits per heavy atom. The molecule has 2 aromatic heterocycles. The third-order valence-electron chi connectivity index (χ3n) is 2.15. The van der Waals surface area contributed by atoms with E-state index < -0.39 is 0 Å². The summed E-state index contributed by atoms with van der Waals surface area (Å²) in [4.78, 5) is 6.47. The lowest BCUT2D eigenvalue weighted by atomic mass is 10.3. The summed E-state index contributed by atoms with van der Waals surface area (Å²) in [6.07, 6.45) is 0. The first-order chi connectivity index (χ1) is 7.24. The normalized spacial score (nSPS) is 13.5. The van der Waals surface area contributed by atoms with E-state index in [0.29, 0.717) is 0 Å². The van der Waals surface area contributed by atoms with Crippen LogP contribution in [-0.4, -0.2) is 0 Å². The molecule has 0 aromatic carbocycles. The smallest absolute Gasteiger partial charge is 0.106 e. The van der Waals surface area contributed by atoms with E-state index in [9.17, 15) is 0 Å². The van der Waals surface area contributed by atoms with Crippen LogP contribution < -0.4 is 0 Å². The maximum atomic E-state index is 4.23. The Hall–Kier alpha value is -0.650. The molecule has 0 spiro atoms. The molecule has 2 aromatic rings. The van der Waals surface area contributed by atoms with Crippen molar-refractivity contribution in [3.63, 3.8) is 0 Å². The Morgan fingerprint density at radius 3 is 2.60 bits per heavy atom. The van der Waals surface area contributed by atoms with Gasteiger partial charge in [0.2, 0.25) is 0 Å². The molecular formula is C10H8N2S3. The second-order valence-corrected chi connectivity index (χ2v) is 6.69. The molecule has 0 atom stereocenters. The predicted octanol–water partition coefficient (Wildman–Crippen LogP) is 5.20. The zero-order valence-corrected chi connectivity index (χ0v) is 10.7. The summed E-state index contributed by atoms with van der Waals surface area (Å²) < 4.78 is 4.14. The van der Waals surface area contributed by atoms with Crippen LogP contribution >= 0.6 is 34.6 Å². The average molecular weight is 252 g/mol. The number of fused-ring (bicyclic) bond motifs is 3. The van der Waals surface area contributed by atoms with Crippen molar-refractivity contribution in [1.29, 1.82) is 0 Å². The summed E-state index contributed by atoms with van der Waals surface area (Å²) in [5.74, 6) is 0. The summed E-state index contributed by atoms with van der Waals surface area (Å²) in [5.41, 5.74) is 1.02. The van der Waals surface area contributed by atoms with Gasteiger partial charge in [0.1, 0.15) is 5.69 Å². The molecule has 1 aliphatic heterocycles. The second-order valence-electron chi connectivity index (χ2n) is 3.39. The monoisotopic (exact) mass is 252 g/mol. The SMILES string of the molecule is Cc1cc2c(s1)-c1sc(C)cc1SN=N2. The third kappa shape index (κ3) is 1.55. The van der Waals surface area contributed by atoms with E-state index in [1.54, 1.807) is 11.3 Å². The molecule has 5 heteroatoms. The third-order valence-corrected chi connectivity index (χ3v) is 5.22. The summed E-state index contributed by atoms with van der Waals surface area (Å²) in [6.45, 7) is 4.25. The molecule has 0 saturated carbocycles. The van der Waals surface area contributed by atoms with Gasteiger partial charge in [0.15, 0.2) is 0 Å². The zero-order chi connectivity index (χ0) is 10.4. The molecule has 0 N–H and O–H groups in total. The maximum absolute atomic E-state index is 4.23. The van der Waals surface area contributed by atoms with Crippen molar-refractivity contribution in [2.24, 2.45) is 9.63 Å². The van der Waals surface area contributed by atoms with Gasteiger partial charge in [0.05, 0.1) is 14.6 Å². The van der Waals surface area contributed by atoms with Crippen molar-refractivity contribution in [1.82, 2.24) is 0 Å². The molecule has 0 bridgehead atoms. The fourth-order valence-electron chi connectivity index (χ4n) is 1.56. The maximum Gasteiger partial charge on any atom is 0.106 e. The molecule has 0 unspecified atom stereocenters. The van der Waals surface area contributed by atoms with E-state index in [4.69, 9.17) is 0 Å². The topological polar surface area (TPSA) is 24.7 Å². The van der Waals surface area contributed by atoms with Gasteiger partial charge in [0, 0.05) is 21.7 Å². The van der Waals surface area contributed by atoms with Crippen molar-refractivity contribution in [3.05, 3.63) is 21.9 Å². The van der Waals surface area contributed by atoms with Crippen LogP contribution in [0.5, 0.6) is 0 Å². The van der Waals surface area contributed by atoms with Crippen LogP contribution in [0.1, 0.15) is 9.75 Å². The Balaban J connectivity index is 2.31. The molecule has 0 saturated heterocycles. The molecule has 0 amide bonds. The van der Waals surface area contributed by atoms with Crippen molar-refractivity contribution in [2.45, 2.75) is 18.7 Å². The van der Waals surface area contributed by atoms with Crippen molar-refractivity contribution < 1.29 is 0 Å². The van der Waals surface area contributed by atoms with Gasteiger partial charge < -0.3 is 0 Å². The zero-order valence-electron chi connectivity index (χ0n) is 8.27. The van der Waals surface area contributed by atoms with Gasteiger partial charge in [-0.25, -0.2) is 0 Å². The predicted molar refractivity (Wildman–Crippen MR) is 67.5 cm³/mol. The van der Waals surface area contributed by atoms with Crippen LogP contribution in [0, 0.1) is 13.8 Å². The van der Waals surface area contributed by atoms with Crippen LogP contribution in [0.2, 0.25) is 0 Å². The minimum Gasteiger partial charge on any atom is -0.142 e. The highest BCUT2D eigenvalue weighted by atomic mass is 32.2. The fourth-order valence-corrected chi connectivity index (χ4v) is 4.58. The van der Waals surface area contributed by atoms with Crippen LogP contribution in [0.25, 0.3) is 9.75 Å². The van der Waals surface area contributed by atoms with E-state index in [2.05, 4.69) is 35.6 Å². The van der Waals surface area contributed by atoms with Crippen molar-refractivity contribution in [2.75, 3.05) is 0 Å². The first kappa shape index (κ1) is 9.57. The summed E-state index contributed by atoms with van der Waals surface area (Å²) in [7, 11) is 0. The summed E-state index contributed by atoms with van der Waals surface area (Å²) in [6, 6.07) is 4.29. The Morgan fingerprint density at radius 1 is 1.00 bits per heavy atom. The highest BCUT2D eigenvalue weighted by molar-refractivity contribution is 7.98. The quantitative estimate of drug-likeness (QED) is 0.591. The summed E-state index contributed by atoms with van der Waals surface area (Å²) >= 11 is 5.10. The minimum absolute atomic E-state index is 1.02. The lowest BCUT2D eigenvalue weighted by molar-refractivity contribution is 1.36. The number of hydrogen-bond acceptors (Lipinski definition) is 5. The lowest BCUT2D eigenvalue weighted by Crippen LogP contribution is -1.64. The Kier molecular flexibility index (Phi) is 2.19. The Bertz CT molecular complexity index is 551. The molecule has 1 aliphatic rings. The van der Waals surface area contributed by atoms with Crippen LogP contribution in [0.3, 0.4) is 0 Å². The lowest BCUT2D eigenvalue weighted by Gasteiger charge is -1.93. The fraction of sp³-hybridized carbons (Fsp3) is 0.200. The molecule has 0 fully saturated rings. The highest BCUT2D eigenvalue weighted by Crippen LogP contribution is 2.49. The largest absolute Gasteiger partial charge is 0.142 e. The minimum atomic E-state index is 1.02. The molecule has 3 heterocycles. The molecule has 0 aliphatic carbocycles. The summed E-state index contributed by atoms with van der Waals surface area (Å²) in [5, 5.41) is 4.23. The van der Waals surface area contributed by atoms with Crippen LogP contribution in [-0.2, 0) is 0 Å². The van der Waals surface area contributed by atoms with Crippen LogP contribution in [0.4, 0.5) is 5.69 Å². The van der Waals surface area contributed by atoms with Gasteiger partial charge in [-0.2, -0.15) is 0 Å². The van der Waals surface area contributed by atoms with E-state index in [1.165, 1.54) is 36.4 Å². The highest BCUT2D eigenvalue weighted by Gasteiger charge is 2.18. The number of thiophene rings is 2. The average Bonchev–Trinajstić information content (AvgIpc) is 2.67. The first-order valence-corrected chi connectivity index (χ1v) is 6.94. The van der Waals surface area contributed by atoms with E-state index in [0.717, 1.165) is 5.69 Å². The van der Waals surface area contributed by atoms with Gasteiger partial charge in [-0.15, -0.1) is 32.3 Å². The van der Waals surface area contributed by atoms with E-state index >= 15 is 0 Å². The van der Waals surface area contributed by atoms with Gasteiger partial charge >= 0.3 is 0 Å². The molecule has 0 radical (unpaired) electrons. The molecule has 2 nitrogen and oxygen atoms in total. The number of aryl methyl sites for hydroxylation is 2. The molecular weight excluding hydrogens is 244 g/mol. The standard InChI is InChI=1S/C10H8N2S3/c1-5-3-7-9(13-5)10-8(15-12-11-7)4-6(2)14-10/h3-4H,1-2H3. The van der Waals surface area contributed by atoms with Gasteiger partial charge in [-0.3, -0.25) is 0 Å². The molecule has 15 heavy (non-hydrogen) atoms. The van der Waals surface area contributed by atoms with Crippen LogP contribution in [0.15, 0.2) is 26.7 Å². The van der Waals surface area contributed by atoms with E-state index in [1.807, 2.05) is 11.3 Å². The number of rotatable bonds is 0. The molecule has 76 valence electrons. The van der Waals surface area contributed by atoms with Crippen molar-refractivity contribution in [3.8, 4) is 9.75 Å². The second kappa shape index (κ2) is 3.43. The van der Waals surface area contributed by atoms with E-state index in [-0.39, 0.29) is 0 Å². The van der Waals surface area contributed by atoms with Gasteiger partial charge in [0.25, 0.3) is 0 Å². The first-order valence-electron chi connectivity index (χ1n) is 4.53. The van der Waals surface area contributed by atoms with Gasteiger partial charge in [-0.1, -0.05) is 0 Å². The van der Waals surface area contributed by atoms with Gasteiger partial charge in [-0.05, 0) is 26.0 Å².